The van der Waals surface area contributed by atoms with Gasteiger partial charge in [0.25, 0.3) is 0 Å². The second-order valence-electron chi connectivity index (χ2n) is 4.64. The van der Waals surface area contributed by atoms with Crippen LogP contribution >= 0.6 is 0 Å². The van der Waals surface area contributed by atoms with Gasteiger partial charge in [-0.1, -0.05) is 6.92 Å². The molecule has 1 N–H and O–H groups in total. The molecule has 0 amide bonds. The second kappa shape index (κ2) is 7.08. The van der Waals surface area contributed by atoms with E-state index in [0.29, 0.717) is 17.5 Å². The van der Waals surface area contributed by atoms with Crippen molar-refractivity contribution >= 4 is 0 Å². The lowest BCUT2D eigenvalue weighted by Crippen LogP contribution is -2.24. The Hall–Kier alpha value is -2.08. The van der Waals surface area contributed by atoms with E-state index in [-0.39, 0.29) is 6.04 Å². The fraction of sp³-hybridized carbons (Fsp3) is 0.467. The minimum atomic E-state index is -0.202. The number of nitrogens with one attached hydrogen (secondary N) is 1. The smallest absolute Gasteiger partial charge is 0.240 e. The summed E-state index contributed by atoms with van der Waals surface area (Å²) in [4.78, 5) is 8.71. The zero-order valence-corrected chi connectivity index (χ0v) is 12.8. The topological polar surface area (TPSA) is 69.4 Å². The van der Waals surface area contributed by atoms with Gasteiger partial charge in [0, 0.05) is 0 Å². The molecule has 0 aliphatic rings. The van der Waals surface area contributed by atoms with Crippen LogP contribution in [-0.4, -0.2) is 30.7 Å². The van der Waals surface area contributed by atoms with E-state index in [9.17, 15) is 0 Å². The Morgan fingerprint density at radius 3 is 2.67 bits per heavy atom. The molecule has 0 saturated carbocycles. The van der Waals surface area contributed by atoms with Crippen LogP contribution < -0.4 is 14.8 Å². The van der Waals surface area contributed by atoms with E-state index in [2.05, 4.69) is 22.2 Å². The predicted octanol–water partition coefficient (Wildman–Crippen LogP) is 2.48. The fourth-order valence-electron chi connectivity index (χ4n) is 2.04. The van der Waals surface area contributed by atoms with Crippen molar-refractivity contribution in [1.82, 2.24) is 15.3 Å². The summed E-state index contributed by atoms with van der Waals surface area (Å²) in [6.07, 6.45) is 2.58. The minimum Gasteiger partial charge on any atom is -0.480 e. The van der Waals surface area contributed by atoms with Crippen molar-refractivity contribution in [2.45, 2.75) is 26.3 Å². The number of furan rings is 1. The zero-order chi connectivity index (χ0) is 15.2. The molecule has 1 atom stereocenters. The average Bonchev–Trinajstić information content (AvgIpc) is 2.94. The van der Waals surface area contributed by atoms with Gasteiger partial charge in [0.2, 0.25) is 11.8 Å². The molecule has 2 heterocycles. The van der Waals surface area contributed by atoms with E-state index in [0.717, 1.165) is 24.5 Å². The largest absolute Gasteiger partial charge is 0.480 e. The third-order valence-electron chi connectivity index (χ3n) is 3.06. The van der Waals surface area contributed by atoms with E-state index in [4.69, 9.17) is 13.9 Å². The van der Waals surface area contributed by atoms with Crippen molar-refractivity contribution in [3.05, 3.63) is 35.5 Å². The Morgan fingerprint density at radius 1 is 1.29 bits per heavy atom. The van der Waals surface area contributed by atoms with Gasteiger partial charge < -0.3 is 19.2 Å². The standard InChI is InChI=1S/C15H21N3O3/c1-5-8-16-13(11-7-6-10(2)21-11)14-15(20-4)18-12(19-3)9-17-14/h6-7,9,13,16H,5,8H2,1-4H3. The van der Waals surface area contributed by atoms with Crippen LogP contribution in [0.5, 0.6) is 11.8 Å². The normalized spacial score (nSPS) is 12.2. The molecule has 0 bridgehead atoms. The molecule has 0 aliphatic heterocycles. The number of hydrogen-bond donors (Lipinski definition) is 1. The van der Waals surface area contributed by atoms with Crippen LogP contribution in [-0.2, 0) is 0 Å². The maximum Gasteiger partial charge on any atom is 0.240 e. The fourth-order valence-corrected chi connectivity index (χ4v) is 2.04. The van der Waals surface area contributed by atoms with Gasteiger partial charge in [-0.3, -0.25) is 0 Å². The lowest BCUT2D eigenvalue weighted by atomic mass is 10.1. The molecule has 0 saturated heterocycles. The van der Waals surface area contributed by atoms with E-state index in [1.807, 2.05) is 19.1 Å². The first-order valence-electron chi connectivity index (χ1n) is 6.94. The molecule has 2 aromatic rings. The van der Waals surface area contributed by atoms with E-state index < -0.39 is 0 Å². The summed E-state index contributed by atoms with van der Waals surface area (Å²) in [7, 11) is 3.11. The first-order valence-corrected chi connectivity index (χ1v) is 6.94. The molecule has 1 unspecified atom stereocenters. The number of aryl methyl sites for hydroxylation is 1. The Balaban J connectivity index is 2.40. The predicted molar refractivity (Wildman–Crippen MR) is 78.7 cm³/mol. The van der Waals surface area contributed by atoms with Gasteiger partial charge in [0.1, 0.15) is 23.3 Å². The van der Waals surface area contributed by atoms with Crippen LogP contribution in [0.4, 0.5) is 0 Å². The van der Waals surface area contributed by atoms with Crippen molar-refractivity contribution in [1.29, 1.82) is 0 Å². The molecule has 0 spiro atoms. The lowest BCUT2D eigenvalue weighted by Gasteiger charge is -2.18. The molecule has 0 radical (unpaired) electrons. The van der Waals surface area contributed by atoms with Gasteiger partial charge in [0.15, 0.2) is 0 Å². The maximum atomic E-state index is 5.74. The highest BCUT2D eigenvalue weighted by Gasteiger charge is 2.23. The van der Waals surface area contributed by atoms with E-state index in [1.165, 1.54) is 0 Å². The van der Waals surface area contributed by atoms with Crippen LogP contribution in [0.1, 0.15) is 36.6 Å². The SMILES string of the molecule is CCCNC(c1ccc(C)o1)c1ncc(OC)nc1OC. The molecular weight excluding hydrogens is 270 g/mol. The summed E-state index contributed by atoms with van der Waals surface area (Å²) in [5, 5.41) is 3.41. The van der Waals surface area contributed by atoms with Crippen LogP contribution in [0.25, 0.3) is 0 Å². The molecule has 21 heavy (non-hydrogen) atoms. The third-order valence-corrected chi connectivity index (χ3v) is 3.06. The Bertz CT molecular complexity index is 583. The summed E-state index contributed by atoms with van der Waals surface area (Å²) in [6, 6.07) is 3.67. The number of hydrogen-bond acceptors (Lipinski definition) is 6. The first kappa shape index (κ1) is 15.3. The Morgan fingerprint density at radius 2 is 2.10 bits per heavy atom. The van der Waals surface area contributed by atoms with Gasteiger partial charge in [-0.05, 0) is 32.0 Å². The first-order chi connectivity index (χ1) is 10.2. The van der Waals surface area contributed by atoms with Crippen molar-refractivity contribution in [3.8, 4) is 11.8 Å². The van der Waals surface area contributed by atoms with Gasteiger partial charge in [-0.15, -0.1) is 0 Å². The van der Waals surface area contributed by atoms with Crippen molar-refractivity contribution < 1.29 is 13.9 Å². The van der Waals surface area contributed by atoms with Crippen LogP contribution in [0.3, 0.4) is 0 Å². The van der Waals surface area contributed by atoms with Crippen molar-refractivity contribution in [3.63, 3.8) is 0 Å². The molecule has 6 nitrogen and oxygen atoms in total. The summed E-state index contributed by atoms with van der Waals surface area (Å²) in [6.45, 7) is 4.85. The Kier molecular flexibility index (Phi) is 5.16. The molecular formula is C15H21N3O3. The van der Waals surface area contributed by atoms with Crippen molar-refractivity contribution in [2.75, 3.05) is 20.8 Å². The molecule has 0 aromatic carbocycles. The van der Waals surface area contributed by atoms with Gasteiger partial charge >= 0.3 is 0 Å². The highest BCUT2D eigenvalue weighted by atomic mass is 16.5. The average molecular weight is 291 g/mol. The number of nitrogens with zero attached hydrogens (tertiary/aromatic N) is 2. The number of ether oxygens (including phenoxy) is 2. The summed E-state index contributed by atoms with van der Waals surface area (Å²) >= 11 is 0. The van der Waals surface area contributed by atoms with Gasteiger partial charge in [-0.2, -0.15) is 4.98 Å². The molecule has 6 heteroatoms. The van der Waals surface area contributed by atoms with Gasteiger partial charge in [-0.25, -0.2) is 4.98 Å². The highest BCUT2D eigenvalue weighted by molar-refractivity contribution is 5.31. The molecule has 2 rings (SSSR count). The summed E-state index contributed by atoms with van der Waals surface area (Å²) < 4.78 is 16.2. The van der Waals surface area contributed by atoms with E-state index >= 15 is 0 Å². The molecule has 2 aromatic heterocycles. The quantitative estimate of drug-likeness (QED) is 0.845. The Labute approximate surface area is 124 Å². The molecule has 0 fully saturated rings. The lowest BCUT2D eigenvalue weighted by molar-refractivity contribution is 0.346. The van der Waals surface area contributed by atoms with Crippen molar-refractivity contribution in [2.24, 2.45) is 0 Å². The third kappa shape index (κ3) is 3.52. The second-order valence-corrected chi connectivity index (χ2v) is 4.64. The summed E-state index contributed by atoms with van der Waals surface area (Å²) in [5.74, 6) is 2.49. The number of aromatic nitrogens is 2. The number of methoxy groups -OCH3 is 2. The van der Waals surface area contributed by atoms with Gasteiger partial charge in [0.05, 0.1) is 20.4 Å². The van der Waals surface area contributed by atoms with Crippen LogP contribution in [0.2, 0.25) is 0 Å². The van der Waals surface area contributed by atoms with E-state index in [1.54, 1.807) is 20.4 Å². The highest BCUT2D eigenvalue weighted by Crippen LogP contribution is 2.29. The van der Waals surface area contributed by atoms with Crippen LogP contribution in [0, 0.1) is 6.92 Å². The molecule has 114 valence electrons. The number of rotatable bonds is 7. The zero-order valence-electron chi connectivity index (χ0n) is 12.8. The monoisotopic (exact) mass is 291 g/mol. The van der Waals surface area contributed by atoms with Crippen LogP contribution in [0.15, 0.2) is 22.7 Å². The summed E-state index contributed by atoms with van der Waals surface area (Å²) in [5.41, 5.74) is 0.682. The molecule has 0 aliphatic carbocycles. The minimum absolute atomic E-state index is 0.202. The maximum absolute atomic E-state index is 5.74.